The molecule has 0 aliphatic carbocycles. The van der Waals surface area contributed by atoms with E-state index >= 15 is 0 Å². The first-order chi connectivity index (χ1) is 15.8. The maximum absolute atomic E-state index is 13.7. The van der Waals surface area contributed by atoms with Crippen LogP contribution in [0.2, 0.25) is 5.02 Å². The van der Waals surface area contributed by atoms with Crippen LogP contribution in [0.1, 0.15) is 47.2 Å². The van der Waals surface area contributed by atoms with Crippen molar-refractivity contribution in [2.45, 2.75) is 39.3 Å². The molecule has 1 saturated heterocycles. The number of aromatic nitrogens is 2. The molecule has 2 aromatic carbocycles. The molecule has 0 bridgehead atoms. The van der Waals surface area contributed by atoms with Crippen LogP contribution in [0.15, 0.2) is 54.6 Å². The lowest BCUT2D eigenvalue weighted by molar-refractivity contribution is -0.137. The van der Waals surface area contributed by atoms with Crippen LogP contribution in [0.25, 0.3) is 5.69 Å². The molecule has 7 heteroatoms. The average Bonchev–Trinajstić information content (AvgIpc) is 3.23. The number of hydrogen-bond donors (Lipinski definition) is 0. The number of carbonyl (C=O) groups is 2. The van der Waals surface area contributed by atoms with Crippen molar-refractivity contribution in [2.24, 2.45) is 5.92 Å². The highest BCUT2D eigenvalue weighted by Gasteiger charge is 2.49. The maximum Gasteiger partial charge on any atom is 0.273 e. The molecule has 0 spiro atoms. The number of para-hydroxylation sites is 1. The lowest BCUT2D eigenvalue weighted by Gasteiger charge is -2.47. The molecule has 1 unspecified atom stereocenters. The number of rotatable bonds is 5. The number of carbonyl (C=O) groups excluding carboxylic acids is 2. The third-order valence-corrected chi connectivity index (χ3v) is 6.86. The van der Waals surface area contributed by atoms with Gasteiger partial charge in [0.2, 0.25) is 5.91 Å². The zero-order valence-electron chi connectivity index (χ0n) is 19.0. The van der Waals surface area contributed by atoms with Crippen LogP contribution in [0, 0.1) is 12.8 Å². The summed E-state index contributed by atoms with van der Waals surface area (Å²) in [6, 6.07) is 17.1. The molecular formula is C26H27ClN4O2. The van der Waals surface area contributed by atoms with Crippen molar-refractivity contribution >= 4 is 23.4 Å². The summed E-state index contributed by atoms with van der Waals surface area (Å²) in [5.74, 6) is 0.295. The largest absolute Gasteiger partial charge is 0.338 e. The topological polar surface area (TPSA) is 58.4 Å². The SMILES string of the molecule is Cc1nn(-c2ccccc2)c2c1C(C(C)C)N(C1CN(C(=O)Cc3cccc(Cl)c3)C1)C2=O. The molecule has 33 heavy (non-hydrogen) atoms. The summed E-state index contributed by atoms with van der Waals surface area (Å²) in [7, 11) is 0. The molecule has 2 amide bonds. The molecule has 6 nitrogen and oxygen atoms in total. The normalized spacial score (nSPS) is 18.1. The first-order valence-corrected chi connectivity index (χ1v) is 11.7. The summed E-state index contributed by atoms with van der Waals surface area (Å²) >= 11 is 6.05. The fraction of sp³-hybridized carbons (Fsp3) is 0.346. The molecule has 2 aliphatic rings. The van der Waals surface area contributed by atoms with Crippen molar-refractivity contribution in [2.75, 3.05) is 13.1 Å². The van der Waals surface area contributed by atoms with E-state index in [0.29, 0.717) is 30.2 Å². The molecule has 1 aromatic heterocycles. The predicted molar refractivity (Wildman–Crippen MR) is 128 cm³/mol. The Balaban J connectivity index is 1.37. The average molecular weight is 463 g/mol. The predicted octanol–water partition coefficient (Wildman–Crippen LogP) is 4.44. The molecule has 0 N–H and O–H groups in total. The second-order valence-corrected chi connectivity index (χ2v) is 9.69. The summed E-state index contributed by atoms with van der Waals surface area (Å²) in [6.45, 7) is 7.36. The number of amides is 2. The van der Waals surface area contributed by atoms with Gasteiger partial charge in [-0.05, 0) is 42.7 Å². The quantitative estimate of drug-likeness (QED) is 0.563. The maximum atomic E-state index is 13.7. The van der Waals surface area contributed by atoms with E-state index in [9.17, 15) is 9.59 Å². The van der Waals surface area contributed by atoms with Crippen LogP contribution >= 0.6 is 11.6 Å². The van der Waals surface area contributed by atoms with E-state index in [1.807, 2.05) is 65.3 Å². The molecule has 3 heterocycles. The van der Waals surface area contributed by atoms with Gasteiger partial charge in [0, 0.05) is 23.7 Å². The number of halogens is 1. The number of hydrogen-bond acceptors (Lipinski definition) is 3. The van der Waals surface area contributed by atoms with E-state index in [-0.39, 0.29) is 29.8 Å². The summed E-state index contributed by atoms with van der Waals surface area (Å²) in [5.41, 5.74) is 4.34. The van der Waals surface area contributed by atoms with Crippen molar-refractivity contribution in [3.05, 3.63) is 82.1 Å². The van der Waals surface area contributed by atoms with Crippen molar-refractivity contribution in [1.82, 2.24) is 19.6 Å². The minimum absolute atomic E-state index is 0.0000863. The smallest absolute Gasteiger partial charge is 0.273 e. The molecule has 170 valence electrons. The lowest BCUT2D eigenvalue weighted by atomic mass is 9.94. The molecule has 1 fully saturated rings. The summed E-state index contributed by atoms with van der Waals surface area (Å²) in [5, 5.41) is 5.34. The fourth-order valence-corrected chi connectivity index (χ4v) is 5.27. The zero-order chi connectivity index (χ0) is 23.3. The van der Waals surface area contributed by atoms with Crippen LogP contribution in [-0.2, 0) is 11.2 Å². The van der Waals surface area contributed by atoms with Gasteiger partial charge in [0.05, 0.1) is 29.9 Å². The van der Waals surface area contributed by atoms with Gasteiger partial charge in [0.15, 0.2) is 0 Å². The van der Waals surface area contributed by atoms with Crippen molar-refractivity contribution in [1.29, 1.82) is 0 Å². The highest BCUT2D eigenvalue weighted by Crippen LogP contribution is 2.43. The number of likely N-dealkylation sites (tertiary alicyclic amines) is 1. The molecule has 2 aliphatic heterocycles. The first-order valence-electron chi connectivity index (χ1n) is 11.3. The molecule has 0 saturated carbocycles. The van der Waals surface area contributed by atoms with Gasteiger partial charge in [-0.25, -0.2) is 4.68 Å². The van der Waals surface area contributed by atoms with Crippen molar-refractivity contribution in [3.8, 4) is 5.69 Å². The van der Waals surface area contributed by atoms with Gasteiger partial charge in [-0.3, -0.25) is 9.59 Å². The molecule has 5 rings (SSSR count). The molecule has 0 radical (unpaired) electrons. The van der Waals surface area contributed by atoms with Gasteiger partial charge in [-0.1, -0.05) is 55.8 Å². The third-order valence-electron chi connectivity index (χ3n) is 6.62. The van der Waals surface area contributed by atoms with E-state index in [1.54, 1.807) is 10.7 Å². The Morgan fingerprint density at radius 2 is 1.85 bits per heavy atom. The number of aryl methyl sites for hydroxylation is 1. The van der Waals surface area contributed by atoms with E-state index in [1.165, 1.54) is 0 Å². The first kappa shape index (κ1) is 21.7. The lowest BCUT2D eigenvalue weighted by Crippen LogP contribution is -2.62. The third kappa shape index (κ3) is 3.72. The number of fused-ring (bicyclic) bond motifs is 1. The van der Waals surface area contributed by atoms with E-state index in [4.69, 9.17) is 16.7 Å². The second-order valence-electron chi connectivity index (χ2n) is 9.26. The van der Waals surface area contributed by atoms with E-state index in [0.717, 1.165) is 22.5 Å². The highest BCUT2D eigenvalue weighted by molar-refractivity contribution is 6.30. The van der Waals surface area contributed by atoms with Crippen LogP contribution in [-0.4, -0.2) is 50.5 Å². The van der Waals surface area contributed by atoms with Crippen molar-refractivity contribution < 1.29 is 9.59 Å². The summed E-state index contributed by atoms with van der Waals surface area (Å²) in [6.07, 6.45) is 0.317. The van der Waals surface area contributed by atoms with Gasteiger partial charge >= 0.3 is 0 Å². The minimum atomic E-state index is -0.0415. The Morgan fingerprint density at radius 3 is 2.52 bits per heavy atom. The van der Waals surface area contributed by atoms with Gasteiger partial charge in [-0.2, -0.15) is 5.10 Å². The minimum Gasteiger partial charge on any atom is -0.338 e. The Labute approximate surface area is 198 Å². The summed E-state index contributed by atoms with van der Waals surface area (Å²) < 4.78 is 1.78. The van der Waals surface area contributed by atoms with E-state index in [2.05, 4.69) is 13.8 Å². The van der Waals surface area contributed by atoms with Crippen LogP contribution in [0.4, 0.5) is 0 Å². The van der Waals surface area contributed by atoms with Gasteiger partial charge in [0.25, 0.3) is 5.91 Å². The van der Waals surface area contributed by atoms with Crippen LogP contribution in [0.3, 0.4) is 0 Å². The molecular weight excluding hydrogens is 436 g/mol. The van der Waals surface area contributed by atoms with Crippen LogP contribution < -0.4 is 0 Å². The highest BCUT2D eigenvalue weighted by atomic mass is 35.5. The Morgan fingerprint density at radius 1 is 1.12 bits per heavy atom. The van der Waals surface area contributed by atoms with Crippen LogP contribution in [0.5, 0.6) is 0 Å². The van der Waals surface area contributed by atoms with Gasteiger partial charge in [0.1, 0.15) is 5.69 Å². The fourth-order valence-electron chi connectivity index (χ4n) is 5.06. The van der Waals surface area contributed by atoms with Crippen molar-refractivity contribution in [3.63, 3.8) is 0 Å². The Hall–Kier alpha value is -3.12. The summed E-state index contributed by atoms with van der Waals surface area (Å²) in [4.78, 5) is 30.3. The zero-order valence-corrected chi connectivity index (χ0v) is 19.8. The Kier molecular flexibility index (Phi) is 5.49. The number of benzene rings is 2. The van der Waals surface area contributed by atoms with Gasteiger partial charge < -0.3 is 9.80 Å². The Bertz CT molecular complexity index is 1210. The standard InChI is InChI=1S/C26H27ClN4O2/c1-16(2)24-23-17(3)28-31(20-10-5-4-6-11-20)25(23)26(33)30(24)21-14-29(15-21)22(32)13-18-8-7-9-19(27)12-18/h4-12,16,21,24H,13-15H2,1-3H3. The number of nitrogens with zero attached hydrogens (tertiary/aromatic N) is 4. The van der Waals surface area contributed by atoms with Gasteiger partial charge in [-0.15, -0.1) is 0 Å². The molecule has 3 aromatic rings. The second kappa shape index (κ2) is 8.34. The molecule has 1 atom stereocenters. The monoisotopic (exact) mass is 462 g/mol. The van der Waals surface area contributed by atoms with E-state index < -0.39 is 0 Å².